The SMILES string of the molecule is CC(C)(C)c1cc(C(C)(C)C)c2c3c4c(ccc3n3c5cc6c(cc5c1c23)C1(C)CCCC1(C)C6=O)C(C)(C)c1cc2c(cc1-4)C1CC3CC4CC2CC431. The predicted molar refractivity (Wildman–Crippen MR) is 223 cm³/mol. The molecule has 7 aliphatic rings. The summed E-state index contributed by atoms with van der Waals surface area (Å²) >= 11 is 0. The number of aromatic nitrogens is 1. The molecule has 0 N–H and O–H groups in total. The summed E-state index contributed by atoms with van der Waals surface area (Å²) in [5.74, 6) is 3.87. The van der Waals surface area contributed by atoms with Gasteiger partial charge in [0, 0.05) is 43.4 Å². The Kier molecular flexibility index (Phi) is 5.06. The van der Waals surface area contributed by atoms with E-state index in [1.165, 1.54) is 97.2 Å². The van der Waals surface area contributed by atoms with E-state index in [9.17, 15) is 4.79 Å². The molecule has 4 aromatic carbocycles. The molecule has 7 aliphatic carbocycles. The second kappa shape index (κ2) is 8.67. The normalized spacial score (nSPS) is 33.6. The van der Waals surface area contributed by atoms with Crippen molar-refractivity contribution in [3.05, 3.63) is 87.0 Å². The van der Waals surface area contributed by atoms with Crippen LogP contribution in [0.5, 0.6) is 0 Å². The summed E-state index contributed by atoms with van der Waals surface area (Å²) in [5, 5.41) is 5.63. The highest BCUT2D eigenvalue weighted by Crippen LogP contribution is 2.82. The van der Waals surface area contributed by atoms with Crippen LogP contribution in [0.15, 0.2) is 42.5 Å². The molecule has 1 spiro atoms. The molecule has 2 bridgehead atoms. The fourth-order valence-electron chi connectivity index (χ4n) is 15.5. The van der Waals surface area contributed by atoms with E-state index in [1.807, 2.05) is 0 Å². The van der Waals surface area contributed by atoms with Crippen molar-refractivity contribution in [3.63, 3.8) is 0 Å². The first-order chi connectivity index (χ1) is 25.4. The van der Waals surface area contributed by atoms with Gasteiger partial charge in [-0.1, -0.05) is 99.9 Å². The zero-order chi connectivity index (χ0) is 37.2. The van der Waals surface area contributed by atoms with Crippen LogP contribution in [0.4, 0.5) is 0 Å². The lowest BCUT2D eigenvalue weighted by molar-refractivity contribution is -0.146. The van der Waals surface area contributed by atoms with Crippen LogP contribution in [-0.2, 0) is 21.7 Å². The second-order valence-electron chi connectivity index (χ2n) is 22.9. The lowest BCUT2D eigenvalue weighted by atomic mass is 9.36. The summed E-state index contributed by atoms with van der Waals surface area (Å²) < 4.78 is 2.63. The summed E-state index contributed by atoms with van der Waals surface area (Å²) in [7, 11) is 0. The number of Topliss-reactive ketones (excluding diaryl/α,β-unsaturated/α-hetero) is 1. The van der Waals surface area contributed by atoms with E-state index in [0.29, 0.717) is 11.2 Å². The van der Waals surface area contributed by atoms with Gasteiger partial charge in [0.25, 0.3) is 0 Å². The first-order valence-electron chi connectivity index (χ1n) is 21.5. The van der Waals surface area contributed by atoms with Gasteiger partial charge in [-0.3, -0.25) is 4.79 Å². The van der Waals surface area contributed by atoms with Crippen LogP contribution in [-0.4, -0.2) is 10.2 Å². The summed E-state index contributed by atoms with van der Waals surface area (Å²) in [5.41, 5.74) is 18.6. The second-order valence-corrected chi connectivity index (χ2v) is 22.9. The first-order valence-corrected chi connectivity index (χ1v) is 21.5. The maximum atomic E-state index is 14.5. The fourth-order valence-corrected chi connectivity index (χ4v) is 15.5. The molecule has 0 radical (unpaired) electrons. The van der Waals surface area contributed by atoms with Crippen molar-refractivity contribution in [2.75, 3.05) is 0 Å². The van der Waals surface area contributed by atoms with Gasteiger partial charge in [0.2, 0.25) is 0 Å². The monoisotopic (exact) mass is 709 g/mol. The van der Waals surface area contributed by atoms with Gasteiger partial charge in [0.05, 0.1) is 16.6 Å². The first kappa shape index (κ1) is 31.5. The number of fused-ring (bicyclic) bond motifs is 17. The van der Waals surface area contributed by atoms with Crippen LogP contribution < -0.4 is 0 Å². The lowest BCUT2D eigenvalue weighted by Gasteiger charge is -2.68. The highest BCUT2D eigenvalue weighted by molar-refractivity contribution is 6.29. The van der Waals surface area contributed by atoms with Gasteiger partial charge >= 0.3 is 0 Å². The molecule has 7 atom stereocenters. The molecule has 6 aromatic rings. The maximum Gasteiger partial charge on any atom is 0.169 e. The standard InChI is InChI=1S/C52H55NO/c1-47(2,3)37-23-38(48(4,5)6)43-44-39(53-40-22-31-35(21-32(40)42(37)45(43)53)50(9)14-11-15-51(50,10)46(31)54)13-12-33-41(44)30-19-29-28(20-34(30)49(33,7)8)25-16-26-17-27-18-36(29)52(26,27)24-25/h12-13,19-23,25-27,36H,11,14-18,24H2,1-10H3. The van der Waals surface area contributed by atoms with Gasteiger partial charge in [-0.25, -0.2) is 0 Å². The van der Waals surface area contributed by atoms with Crippen LogP contribution in [0, 0.1) is 22.7 Å². The number of hydrogen-bond donors (Lipinski definition) is 0. The molecule has 4 saturated carbocycles. The third-order valence-electron chi connectivity index (χ3n) is 18.5. The van der Waals surface area contributed by atoms with Gasteiger partial charge in [-0.2, -0.15) is 0 Å². The van der Waals surface area contributed by atoms with Gasteiger partial charge in [0.15, 0.2) is 5.78 Å². The summed E-state index contributed by atoms with van der Waals surface area (Å²) in [4.78, 5) is 14.5. The van der Waals surface area contributed by atoms with Crippen molar-refractivity contribution in [3.8, 4) is 11.1 Å². The van der Waals surface area contributed by atoms with E-state index in [2.05, 4.69) is 116 Å². The molecule has 2 nitrogen and oxygen atoms in total. The Labute approximate surface area is 320 Å². The van der Waals surface area contributed by atoms with Crippen LogP contribution in [0.2, 0.25) is 0 Å². The van der Waals surface area contributed by atoms with Crippen molar-refractivity contribution in [1.82, 2.24) is 4.40 Å². The van der Waals surface area contributed by atoms with Crippen LogP contribution in [0.25, 0.3) is 49.2 Å². The summed E-state index contributed by atoms with van der Waals surface area (Å²) in [6.45, 7) is 24.1. The van der Waals surface area contributed by atoms with Crippen LogP contribution in [0.1, 0.15) is 175 Å². The quantitative estimate of drug-likeness (QED) is 0.154. The number of hydrogen-bond acceptors (Lipinski definition) is 1. The number of carbonyl (C=O) groups is 1. The molecule has 7 unspecified atom stereocenters. The average Bonchev–Trinajstić information content (AvgIpc) is 3.89. The van der Waals surface area contributed by atoms with Crippen molar-refractivity contribution in [2.45, 2.75) is 148 Å². The number of carbonyl (C=O) groups excluding carboxylic acids is 1. The Bertz CT molecular complexity index is 2830. The molecule has 0 amide bonds. The lowest BCUT2D eigenvalue weighted by Crippen LogP contribution is -2.59. The highest BCUT2D eigenvalue weighted by atomic mass is 16.1. The Balaban J connectivity index is 1.20. The van der Waals surface area contributed by atoms with Gasteiger partial charge in [0.1, 0.15) is 0 Å². The average molecular weight is 710 g/mol. The van der Waals surface area contributed by atoms with Crippen molar-refractivity contribution >= 4 is 43.9 Å². The van der Waals surface area contributed by atoms with E-state index in [0.717, 1.165) is 48.5 Å². The summed E-state index contributed by atoms with van der Waals surface area (Å²) in [6.07, 6.45) is 9.02. The molecule has 54 heavy (non-hydrogen) atoms. The van der Waals surface area contributed by atoms with Crippen LogP contribution in [0.3, 0.4) is 0 Å². The molecular formula is C52H55NO. The zero-order valence-electron chi connectivity index (χ0n) is 34.2. The molecule has 274 valence electrons. The van der Waals surface area contributed by atoms with Gasteiger partial charge in [-0.05, 0) is 147 Å². The Morgan fingerprint density at radius 3 is 2.13 bits per heavy atom. The van der Waals surface area contributed by atoms with Crippen molar-refractivity contribution < 1.29 is 4.79 Å². The van der Waals surface area contributed by atoms with Gasteiger partial charge < -0.3 is 4.40 Å². The Hall–Kier alpha value is -3.65. The smallest absolute Gasteiger partial charge is 0.169 e. The molecule has 2 heterocycles. The van der Waals surface area contributed by atoms with Gasteiger partial charge in [-0.15, -0.1) is 0 Å². The van der Waals surface area contributed by atoms with E-state index in [-0.39, 0.29) is 27.1 Å². The predicted octanol–water partition coefficient (Wildman–Crippen LogP) is 13.4. The Morgan fingerprint density at radius 1 is 0.667 bits per heavy atom. The summed E-state index contributed by atoms with van der Waals surface area (Å²) in [6, 6.07) is 17.9. The third kappa shape index (κ3) is 3.02. The van der Waals surface area contributed by atoms with E-state index < -0.39 is 0 Å². The molecule has 13 rings (SSSR count). The number of ketones is 1. The third-order valence-corrected chi connectivity index (χ3v) is 18.5. The van der Waals surface area contributed by atoms with E-state index in [1.54, 1.807) is 16.7 Å². The number of nitrogens with zero attached hydrogens (tertiary/aromatic N) is 1. The molecule has 4 fully saturated rings. The topological polar surface area (TPSA) is 21.5 Å². The molecule has 0 aliphatic heterocycles. The molecular weight excluding hydrogens is 655 g/mol. The largest absolute Gasteiger partial charge is 0.308 e. The van der Waals surface area contributed by atoms with Crippen LogP contribution >= 0.6 is 0 Å². The van der Waals surface area contributed by atoms with E-state index >= 15 is 0 Å². The molecule has 2 heteroatoms. The molecule has 2 aromatic heterocycles. The number of rotatable bonds is 0. The Morgan fingerprint density at radius 2 is 1.39 bits per heavy atom. The highest BCUT2D eigenvalue weighted by Gasteiger charge is 2.72. The van der Waals surface area contributed by atoms with E-state index in [4.69, 9.17) is 0 Å². The maximum absolute atomic E-state index is 14.5. The van der Waals surface area contributed by atoms with Crippen molar-refractivity contribution in [2.24, 2.45) is 22.7 Å². The minimum Gasteiger partial charge on any atom is -0.308 e. The molecule has 0 saturated heterocycles. The number of benzene rings is 4. The van der Waals surface area contributed by atoms with Crippen molar-refractivity contribution in [1.29, 1.82) is 0 Å². The zero-order valence-corrected chi connectivity index (χ0v) is 34.2. The minimum atomic E-state index is -0.307. The minimum absolute atomic E-state index is 0.0542. The fraction of sp³-hybridized carbons (Fsp3) is 0.519.